The third-order valence-corrected chi connectivity index (χ3v) is 5.65. The predicted octanol–water partition coefficient (Wildman–Crippen LogP) is 2.18. The van der Waals surface area contributed by atoms with Crippen molar-refractivity contribution in [3.63, 3.8) is 0 Å². The van der Waals surface area contributed by atoms with Gasteiger partial charge in [0.25, 0.3) is 0 Å². The summed E-state index contributed by atoms with van der Waals surface area (Å²) in [6.07, 6.45) is 1.85. The Morgan fingerprint density at radius 1 is 1.39 bits per heavy atom. The van der Waals surface area contributed by atoms with Crippen LogP contribution in [0.25, 0.3) is 0 Å². The summed E-state index contributed by atoms with van der Waals surface area (Å²) in [4.78, 5) is 0.307. The van der Waals surface area contributed by atoms with E-state index in [9.17, 15) is 8.42 Å². The Morgan fingerprint density at radius 3 is 2.67 bits per heavy atom. The van der Waals surface area contributed by atoms with E-state index >= 15 is 0 Å². The molecule has 0 N–H and O–H groups in total. The van der Waals surface area contributed by atoms with Gasteiger partial charge in [0.05, 0.1) is 7.11 Å². The molecular formula is C13H19NO3S. The van der Waals surface area contributed by atoms with Crippen molar-refractivity contribution in [1.29, 1.82) is 0 Å². The van der Waals surface area contributed by atoms with Gasteiger partial charge in [0, 0.05) is 12.6 Å². The molecule has 4 nitrogen and oxygen atoms in total. The van der Waals surface area contributed by atoms with E-state index in [-0.39, 0.29) is 6.04 Å². The number of rotatable bonds is 3. The highest BCUT2D eigenvalue weighted by molar-refractivity contribution is 7.89. The van der Waals surface area contributed by atoms with E-state index in [2.05, 4.69) is 0 Å². The first-order chi connectivity index (χ1) is 8.48. The highest BCUT2D eigenvalue weighted by Gasteiger charge is 2.35. The quantitative estimate of drug-likeness (QED) is 0.845. The number of aryl methyl sites for hydroxylation is 1. The predicted molar refractivity (Wildman–Crippen MR) is 70.3 cm³/mol. The van der Waals surface area contributed by atoms with Gasteiger partial charge in [-0.3, -0.25) is 0 Å². The average molecular weight is 269 g/mol. The van der Waals surface area contributed by atoms with Crippen molar-refractivity contribution in [1.82, 2.24) is 4.31 Å². The van der Waals surface area contributed by atoms with E-state index in [1.165, 1.54) is 7.11 Å². The van der Waals surface area contributed by atoms with E-state index in [1.807, 2.05) is 6.92 Å². The van der Waals surface area contributed by atoms with Gasteiger partial charge in [-0.1, -0.05) is 12.1 Å². The van der Waals surface area contributed by atoms with Crippen LogP contribution in [0.3, 0.4) is 0 Å². The van der Waals surface area contributed by atoms with Crippen molar-refractivity contribution < 1.29 is 13.2 Å². The number of hydrogen-bond donors (Lipinski definition) is 0. The van der Waals surface area contributed by atoms with Gasteiger partial charge in [0.1, 0.15) is 10.6 Å². The Balaban J connectivity index is 2.54. The van der Waals surface area contributed by atoms with Gasteiger partial charge in [0.15, 0.2) is 0 Å². The molecule has 1 unspecified atom stereocenters. The van der Waals surface area contributed by atoms with Gasteiger partial charge in [-0.15, -0.1) is 0 Å². The van der Waals surface area contributed by atoms with Crippen LogP contribution in [0.15, 0.2) is 23.1 Å². The van der Waals surface area contributed by atoms with Crippen molar-refractivity contribution in [3.05, 3.63) is 23.8 Å². The highest BCUT2D eigenvalue weighted by atomic mass is 32.2. The van der Waals surface area contributed by atoms with Crippen molar-refractivity contribution in [2.45, 2.75) is 37.6 Å². The molecule has 0 aliphatic carbocycles. The molecule has 5 heteroatoms. The molecule has 2 rings (SSSR count). The smallest absolute Gasteiger partial charge is 0.247 e. The van der Waals surface area contributed by atoms with Crippen LogP contribution in [0.1, 0.15) is 25.3 Å². The van der Waals surface area contributed by atoms with E-state index in [0.717, 1.165) is 18.4 Å². The molecule has 0 amide bonds. The van der Waals surface area contributed by atoms with Crippen molar-refractivity contribution in [2.24, 2.45) is 0 Å². The third-order valence-electron chi connectivity index (χ3n) is 3.45. The molecule has 100 valence electrons. The first kappa shape index (κ1) is 13.4. The Morgan fingerprint density at radius 2 is 2.11 bits per heavy atom. The number of nitrogens with zero attached hydrogens (tertiary/aromatic N) is 1. The molecule has 0 spiro atoms. The Labute approximate surface area is 109 Å². The first-order valence-corrected chi connectivity index (χ1v) is 7.58. The van der Waals surface area contributed by atoms with Gasteiger partial charge < -0.3 is 4.74 Å². The zero-order valence-corrected chi connectivity index (χ0v) is 11.8. The lowest BCUT2D eigenvalue weighted by Gasteiger charge is -2.23. The monoisotopic (exact) mass is 269 g/mol. The van der Waals surface area contributed by atoms with Crippen LogP contribution < -0.4 is 4.74 Å². The zero-order chi connectivity index (χ0) is 13.3. The van der Waals surface area contributed by atoms with Crippen LogP contribution in [-0.4, -0.2) is 32.4 Å². The number of benzene rings is 1. The molecule has 0 aromatic heterocycles. The normalized spacial score (nSPS) is 21.2. The molecule has 1 saturated heterocycles. The van der Waals surface area contributed by atoms with Crippen LogP contribution in [0, 0.1) is 6.92 Å². The molecule has 18 heavy (non-hydrogen) atoms. The SMILES string of the molecule is COc1cccc(C)c1S(=O)(=O)N1CCCC1C. The summed E-state index contributed by atoms with van der Waals surface area (Å²) in [6.45, 7) is 4.35. The van der Waals surface area contributed by atoms with Crippen LogP contribution in [0.5, 0.6) is 5.75 Å². The van der Waals surface area contributed by atoms with Gasteiger partial charge >= 0.3 is 0 Å². The van der Waals surface area contributed by atoms with E-state index in [0.29, 0.717) is 17.2 Å². The largest absolute Gasteiger partial charge is 0.495 e. The molecule has 1 aliphatic heterocycles. The van der Waals surface area contributed by atoms with Gasteiger partial charge in [-0.25, -0.2) is 8.42 Å². The molecular weight excluding hydrogens is 250 g/mol. The average Bonchev–Trinajstić information content (AvgIpc) is 2.75. The Bertz CT molecular complexity index is 539. The summed E-state index contributed by atoms with van der Waals surface area (Å²) in [5, 5.41) is 0. The van der Waals surface area contributed by atoms with Crippen LogP contribution in [0.2, 0.25) is 0 Å². The van der Waals surface area contributed by atoms with Crippen molar-refractivity contribution >= 4 is 10.0 Å². The summed E-state index contributed by atoms with van der Waals surface area (Å²) < 4.78 is 32.2. The summed E-state index contributed by atoms with van der Waals surface area (Å²) in [7, 11) is -1.95. The molecule has 1 aromatic carbocycles. The molecule has 1 atom stereocenters. The number of hydrogen-bond acceptors (Lipinski definition) is 3. The maximum absolute atomic E-state index is 12.7. The highest BCUT2D eigenvalue weighted by Crippen LogP contribution is 2.33. The fraction of sp³-hybridized carbons (Fsp3) is 0.538. The lowest BCUT2D eigenvalue weighted by molar-refractivity contribution is 0.386. The van der Waals surface area contributed by atoms with E-state index in [1.54, 1.807) is 29.4 Å². The molecule has 1 fully saturated rings. The molecule has 0 bridgehead atoms. The Hall–Kier alpha value is -1.07. The van der Waals surface area contributed by atoms with E-state index in [4.69, 9.17) is 4.74 Å². The van der Waals surface area contributed by atoms with Gasteiger partial charge in [-0.2, -0.15) is 4.31 Å². The second kappa shape index (κ2) is 4.90. The lowest BCUT2D eigenvalue weighted by Crippen LogP contribution is -2.34. The fourth-order valence-electron chi connectivity index (χ4n) is 2.50. The molecule has 0 saturated carbocycles. The third kappa shape index (κ3) is 2.12. The summed E-state index contributed by atoms with van der Waals surface area (Å²) >= 11 is 0. The number of ether oxygens (including phenoxy) is 1. The summed E-state index contributed by atoms with van der Waals surface area (Å²) in [5.41, 5.74) is 0.730. The van der Waals surface area contributed by atoms with Crippen molar-refractivity contribution in [2.75, 3.05) is 13.7 Å². The second-order valence-corrected chi connectivity index (χ2v) is 6.54. The van der Waals surface area contributed by atoms with Crippen LogP contribution in [-0.2, 0) is 10.0 Å². The minimum absolute atomic E-state index is 0.0688. The summed E-state index contributed by atoms with van der Waals surface area (Å²) in [5.74, 6) is 0.425. The van der Waals surface area contributed by atoms with Gasteiger partial charge in [-0.05, 0) is 38.3 Å². The molecule has 1 heterocycles. The Kier molecular flexibility index (Phi) is 3.64. The first-order valence-electron chi connectivity index (χ1n) is 6.14. The minimum atomic E-state index is -3.45. The van der Waals surface area contributed by atoms with Crippen LogP contribution >= 0.6 is 0 Å². The van der Waals surface area contributed by atoms with Gasteiger partial charge in [0.2, 0.25) is 10.0 Å². The van der Waals surface area contributed by atoms with Crippen molar-refractivity contribution in [3.8, 4) is 5.75 Å². The van der Waals surface area contributed by atoms with E-state index < -0.39 is 10.0 Å². The maximum Gasteiger partial charge on any atom is 0.247 e. The number of methoxy groups -OCH3 is 1. The standard InChI is InChI=1S/C13H19NO3S/c1-10-6-4-8-12(17-3)13(10)18(15,16)14-9-5-7-11(14)2/h4,6,8,11H,5,7,9H2,1-3H3. The minimum Gasteiger partial charge on any atom is -0.495 e. The molecule has 1 aliphatic rings. The topological polar surface area (TPSA) is 46.6 Å². The molecule has 0 radical (unpaired) electrons. The number of sulfonamides is 1. The lowest BCUT2D eigenvalue weighted by atomic mass is 10.2. The fourth-order valence-corrected chi connectivity index (χ4v) is 4.56. The second-order valence-electron chi connectivity index (χ2n) is 4.71. The summed E-state index contributed by atoms with van der Waals surface area (Å²) in [6, 6.07) is 5.37. The molecule has 1 aromatic rings. The van der Waals surface area contributed by atoms with Crippen LogP contribution in [0.4, 0.5) is 0 Å². The zero-order valence-electron chi connectivity index (χ0n) is 11.0. The maximum atomic E-state index is 12.7.